The maximum absolute atomic E-state index is 14.5. The van der Waals surface area contributed by atoms with E-state index in [2.05, 4.69) is 58.9 Å². The Morgan fingerprint density at radius 1 is 0.953 bits per heavy atom. The first kappa shape index (κ1) is 44.5. The number of aliphatic hydroxyl groups excluding tert-OH is 3. The molecule has 2 aliphatic heterocycles. The predicted molar refractivity (Wildman–Crippen MR) is 248 cm³/mol. The Balaban J connectivity index is 0.958. The van der Waals surface area contributed by atoms with Gasteiger partial charge in [-0.1, -0.05) is 60.4 Å². The lowest BCUT2D eigenvalue weighted by Gasteiger charge is -2.55. The number of piperidine rings is 1. The highest BCUT2D eigenvalue weighted by Crippen LogP contribution is 2.55. The number of fused-ring (bicyclic) bond motifs is 5. The molecule has 8 N–H and O–H groups in total. The smallest absolute Gasteiger partial charge is 0.160 e. The van der Waals surface area contributed by atoms with Crippen LogP contribution in [0.25, 0.3) is 10.8 Å². The van der Waals surface area contributed by atoms with Crippen molar-refractivity contribution < 1.29 is 34.8 Å². The first-order valence-corrected chi connectivity index (χ1v) is 24.1. The van der Waals surface area contributed by atoms with Gasteiger partial charge in [0.25, 0.3) is 0 Å². The number of ether oxygens (including phenoxy) is 1. The summed E-state index contributed by atoms with van der Waals surface area (Å²) in [4.78, 5) is 26.9. The number of carbonyl (C=O) groups is 2. The van der Waals surface area contributed by atoms with E-state index in [9.17, 15) is 30.0 Å². The fourth-order valence-electron chi connectivity index (χ4n) is 13.4. The zero-order valence-electron chi connectivity index (χ0n) is 37.3. The monoisotopic (exact) mass is 869 g/mol. The van der Waals surface area contributed by atoms with E-state index in [4.69, 9.17) is 10.5 Å². The van der Waals surface area contributed by atoms with Crippen LogP contribution in [0.5, 0.6) is 11.5 Å². The molecule has 4 fully saturated rings. The summed E-state index contributed by atoms with van der Waals surface area (Å²) in [6.45, 7) is 1.60. The quantitative estimate of drug-likeness (QED) is 0.100. The first-order chi connectivity index (χ1) is 31.0. The number of allylic oxidation sites excluding steroid dienone is 2. The van der Waals surface area contributed by atoms with E-state index in [1.54, 1.807) is 6.07 Å². The summed E-state index contributed by atoms with van der Waals surface area (Å²) in [7, 11) is 1.52. The third-order valence-electron chi connectivity index (χ3n) is 16.7. The number of rotatable bonds is 11. The Kier molecular flexibility index (Phi) is 13.3. The van der Waals surface area contributed by atoms with Gasteiger partial charge in [0.05, 0.1) is 25.1 Å². The van der Waals surface area contributed by atoms with E-state index in [-0.39, 0.29) is 42.4 Å². The van der Waals surface area contributed by atoms with E-state index >= 15 is 0 Å². The third kappa shape index (κ3) is 8.86. The van der Waals surface area contributed by atoms with Crippen LogP contribution in [0.4, 0.5) is 0 Å². The molecule has 2 heterocycles. The molecule has 1 spiro atoms. The van der Waals surface area contributed by atoms with E-state index in [0.717, 1.165) is 71.7 Å². The van der Waals surface area contributed by atoms with Gasteiger partial charge < -0.3 is 41.5 Å². The number of benzene rings is 3. The Morgan fingerprint density at radius 2 is 1.78 bits per heavy atom. The lowest BCUT2D eigenvalue weighted by atomic mass is 9.53. The fraction of sp³-hybridized carbons (Fsp3) is 0.556. The molecule has 10 nitrogen and oxygen atoms in total. The van der Waals surface area contributed by atoms with Crippen LogP contribution in [0, 0.1) is 52.8 Å². The van der Waals surface area contributed by atoms with Crippen LogP contribution in [0.15, 0.2) is 78.1 Å². The summed E-state index contributed by atoms with van der Waals surface area (Å²) in [5, 5.41) is 54.9. The Bertz CT molecular complexity index is 2350. The average molecular weight is 870 g/mol. The second-order valence-electron chi connectivity index (χ2n) is 20.0. The molecule has 1 saturated heterocycles. The summed E-state index contributed by atoms with van der Waals surface area (Å²) >= 11 is 0. The lowest BCUT2D eigenvalue weighted by Crippen LogP contribution is -2.58. The summed E-state index contributed by atoms with van der Waals surface area (Å²) in [5.74, 6) is 10.1. The van der Waals surface area contributed by atoms with Crippen LogP contribution < -0.4 is 21.1 Å². The van der Waals surface area contributed by atoms with E-state index in [1.165, 1.54) is 7.11 Å². The largest absolute Gasteiger partial charge is 0.504 e. The van der Waals surface area contributed by atoms with Crippen LogP contribution in [-0.4, -0.2) is 77.0 Å². The maximum atomic E-state index is 14.5. The summed E-state index contributed by atoms with van der Waals surface area (Å²) in [5.41, 5.74) is 8.91. The number of nitrogens with one attached hydrogen (secondary N) is 2. The maximum Gasteiger partial charge on any atom is 0.160 e. The molecule has 340 valence electrons. The van der Waals surface area contributed by atoms with Gasteiger partial charge in [-0.15, -0.1) is 0 Å². The van der Waals surface area contributed by atoms with Crippen molar-refractivity contribution >= 4 is 22.3 Å². The number of dihydropyridines is 1. The van der Waals surface area contributed by atoms with Crippen LogP contribution in [0.1, 0.15) is 112 Å². The Morgan fingerprint density at radius 3 is 2.58 bits per heavy atom. The normalized spacial score (nSPS) is 32.5. The molecule has 64 heavy (non-hydrogen) atoms. The number of aromatic hydroxyl groups is 1. The molecule has 6 aliphatic rings. The molecule has 3 aromatic rings. The van der Waals surface area contributed by atoms with E-state index in [0.29, 0.717) is 105 Å². The number of ketones is 2. The topological polar surface area (TPSA) is 174 Å². The van der Waals surface area contributed by atoms with Crippen molar-refractivity contribution in [3.63, 3.8) is 0 Å². The van der Waals surface area contributed by atoms with Gasteiger partial charge in [0.2, 0.25) is 0 Å². The average Bonchev–Trinajstić information content (AvgIpc) is 3.35. The minimum atomic E-state index is -1.21. The third-order valence-corrected chi connectivity index (χ3v) is 16.7. The minimum absolute atomic E-state index is 0.000772. The SMILES string of the molecule is COc1cc2c(cc1O)C(CCC(O)CC(C1=CCNC(N)=C1)c1ccc3ccccc3c1)C#CC1(CCC(C3CCC4C5CCC(=O)CC5NCC4C3CCO)CC1O)C(=O)CC2. The number of aryl methyl sites for hydroxylation is 1. The number of phenolic OH excluding ortho intramolecular Hbond substituents is 1. The molecular formula is C54H67N3O7. The van der Waals surface area contributed by atoms with Crippen molar-refractivity contribution in [2.45, 2.75) is 120 Å². The summed E-state index contributed by atoms with van der Waals surface area (Å²) < 4.78 is 5.53. The number of aliphatic hydroxyl groups is 3. The molecule has 12 atom stereocenters. The minimum Gasteiger partial charge on any atom is -0.504 e. The molecular weight excluding hydrogens is 803 g/mol. The van der Waals surface area contributed by atoms with Gasteiger partial charge >= 0.3 is 0 Å². The first-order valence-electron chi connectivity index (χ1n) is 24.1. The van der Waals surface area contributed by atoms with Gasteiger partial charge in [-0.2, -0.15) is 0 Å². The standard InChI is InChI=1S/C54H67N3O7/c1-64-50-25-36-9-15-51(62)54(21-17-37(26-52(54)63)41-13-14-42-44-12-11-40(60)29-48(44)57-31-47(42)43(41)19-23-58)20-16-33(46(36)30-49(50)61)8-10-39(59)28-45(38-18-22-56-53(55)27-38)35-7-6-32-4-2-3-5-34(32)24-35/h2-7,18,24-25,27,30,33,37,39,41-45,47-48,52,56-59,61,63H,8-15,17,19,21-23,26,28-29,31,55H2,1H3. The molecule has 0 radical (unpaired) electrons. The van der Waals surface area contributed by atoms with Crippen molar-refractivity contribution in [1.29, 1.82) is 0 Å². The summed E-state index contributed by atoms with van der Waals surface area (Å²) in [6, 6.07) is 18.5. The number of methoxy groups -OCH3 is 1. The van der Waals surface area contributed by atoms with Crippen molar-refractivity contribution in [1.82, 2.24) is 10.6 Å². The van der Waals surface area contributed by atoms with Gasteiger partial charge in [-0.05, 0) is 164 Å². The van der Waals surface area contributed by atoms with Crippen LogP contribution in [-0.2, 0) is 16.0 Å². The van der Waals surface area contributed by atoms with Gasteiger partial charge in [0.15, 0.2) is 17.3 Å². The molecule has 12 unspecified atom stereocenters. The van der Waals surface area contributed by atoms with E-state index < -0.39 is 23.5 Å². The predicted octanol–water partition coefficient (Wildman–Crippen LogP) is 6.93. The highest BCUT2D eigenvalue weighted by Gasteiger charge is 2.53. The van der Waals surface area contributed by atoms with Crippen molar-refractivity contribution in [3.8, 4) is 23.3 Å². The number of carbonyl (C=O) groups excluding carboxylic acids is 2. The van der Waals surface area contributed by atoms with Crippen LogP contribution >= 0.6 is 0 Å². The number of hydrogen-bond donors (Lipinski definition) is 7. The zero-order valence-corrected chi connectivity index (χ0v) is 37.3. The second kappa shape index (κ2) is 19.1. The number of phenols is 1. The van der Waals surface area contributed by atoms with Crippen molar-refractivity contribution in [2.24, 2.45) is 46.7 Å². The highest BCUT2D eigenvalue weighted by molar-refractivity contribution is 5.89. The van der Waals surface area contributed by atoms with Crippen molar-refractivity contribution in [3.05, 3.63) is 94.8 Å². The Labute approximate surface area is 378 Å². The van der Waals surface area contributed by atoms with Gasteiger partial charge in [-0.25, -0.2) is 0 Å². The molecule has 0 bridgehead atoms. The van der Waals surface area contributed by atoms with Gasteiger partial charge in [-0.3, -0.25) is 9.59 Å². The lowest BCUT2D eigenvalue weighted by molar-refractivity contribution is -0.136. The summed E-state index contributed by atoms with van der Waals surface area (Å²) in [6.07, 6.45) is 11.3. The molecule has 0 amide bonds. The molecule has 3 aromatic carbocycles. The van der Waals surface area contributed by atoms with Crippen LogP contribution in [0.3, 0.4) is 0 Å². The van der Waals surface area contributed by atoms with Crippen LogP contribution in [0.2, 0.25) is 0 Å². The fourth-order valence-corrected chi connectivity index (χ4v) is 13.4. The zero-order chi connectivity index (χ0) is 44.5. The van der Waals surface area contributed by atoms with E-state index in [1.807, 2.05) is 24.3 Å². The number of nitrogens with two attached hydrogens (primary N) is 1. The molecule has 0 aromatic heterocycles. The van der Waals surface area contributed by atoms with Gasteiger partial charge in [0.1, 0.15) is 11.2 Å². The molecule has 10 heteroatoms. The number of hydrogen-bond acceptors (Lipinski definition) is 10. The molecule has 9 rings (SSSR count). The van der Waals surface area contributed by atoms with Crippen molar-refractivity contribution in [2.75, 3.05) is 26.8 Å². The Hall–Kier alpha value is -4.66. The number of Topliss-reactive ketones (excluding diaryl/α,β-unsaturated/α-hetero) is 2. The highest BCUT2D eigenvalue weighted by atomic mass is 16.5. The molecule has 3 saturated carbocycles. The second-order valence-corrected chi connectivity index (χ2v) is 20.0. The molecule has 4 aliphatic carbocycles. The van der Waals surface area contributed by atoms with Gasteiger partial charge in [0, 0.05) is 50.3 Å².